The average Bonchev–Trinajstić information content (AvgIpc) is 2.34. The molecule has 0 aromatic heterocycles. The fourth-order valence-corrected chi connectivity index (χ4v) is 4.06. The minimum Gasteiger partial charge on any atom is -0.396 e. The SMILES string of the molecule is C[C@H]1CC[C@H]2[C@@H](C=C[C@](C)(O)[C@@]2(C)C(=O)CCO)C1. The molecule has 3 heteroatoms. The Balaban J connectivity index is 2.38. The Labute approximate surface area is 115 Å². The van der Waals surface area contributed by atoms with Gasteiger partial charge in [-0.1, -0.05) is 25.5 Å². The molecule has 0 bridgehead atoms. The normalized spacial score (nSPS) is 45.8. The van der Waals surface area contributed by atoms with Gasteiger partial charge in [0.05, 0.1) is 11.0 Å². The topological polar surface area (TPSA) is 57.5 Å². The molecule has 108 valence electrons. The first kappa shape index (κ1) is 14.7. The third-order valence-electron chi connectivity index (χ3n) is 5.54. The van der Waals surface area contributed by atoms with E-state index in [-0.39, 0.29) is 24.7 Å². The van der Waals surface area contributed by atoms with Gasteiger partial charge in [-0.15, -0.1) is 0 Å². The van der Waals surface area contributed by atoms with Crippen molar-refractivity contribution in [1.29, 1.82) is 0 Å². The van der Waals surface area contributed by atoms with E-state index in [2.05, 4.69) is 13.0 Å². The summed E-state index contributed by atoms with van der Waals surface area (Å²) in [5.41, 5.74) is -1.88. The highest BCUT2D eigenvalue weighted by Gasteiger charge is 2.56. The number of ketones is 1. The number of Topliss-reactive ketones (excluding diaryl/α,β-unsaturated/α-hetero) is 1. The van der Waals surface area contributed by atoms with Crippen molar-refractivity contribution < 1.29 is 15.0 Å². The molecule has 2 aliphatic rings. The largest absolute Gasteiger partial charge is 0.396 e. The number of fused-ring (bicyclic) bond motifs is 1. The van der Waals surface area contributed by atoms with Crippen molar-refractivity contribution in [2.24, 2.45) is 23.2 Å². The Morgan fingerprint density at radius 3 is 2.68 bits per heavy atom. The van der Waals surface area contributed by atoms with Crippen molar-refractivity contribution in [2.75, 3.05) is 6.61 Å². The van der Waals surface area contributed by atoms with Crippen molar-refractivity contribution in [2.45, 2.75) is 52.1 Å². The summed E-state index contributed by atoms with van der Waals surface area (Å²) in [6, 6.07) is 0. The minimum absolute atomic E-state index is 0.00565. The van der Waals surface area contributed by atoms with Gasteiger partial charge in [-0.2, -0.15) is 0 Å². The van der Waals surface area contributed by atoms with Crippen LogP contribution in [0.2, 0.25) is 0 Å². The molecular weight excluding hydrogens is 240 g/mol. The Hall–Kier alpha value is -0.670. The van der Waals surface area contributed by atoms with Crippen LogP contribution in [0.15, 0.2) is 12.2 Å². The van der Waals surface area contributed by atoms with Crippen LogP contribution in [-0.4, -0.2) is 28.2 Å². The molecule has 3 nitrogen and oxygen atoms in total. The van der Waals surface area contributed by atoms with Gasteiger partial charge in [0.1, 0.15) is 5.78 Å². The monoisotopic (exact) mass is 266 g/mol. The molecule has 0 aromatic carbocycles. The van der Waals surface area contributed by atoms with E-state index >= 15 is 0 Å². The van der Waals surface area contributed by atoms with Crippen LogP contribution in [0.1, 0.15) is 46.5 Å². The third-order valence-corrected chi connectivity index (χ3v) is 5.54. The molecule has 0 radical (unpaired) electrons. The molecule has 0 spiro atoms. The van der Waals surface area contributed by atoms with E-state index in [4.69, 9.17) is 5.11 Å². The molecule has 2 aliphatic carbocycles. The van der Waals surface area contributed by atoms with Crippen molar-refractivity contribution in [3.8, 4) is 0 Å². The Kier molecular flexibility index (Phi) is 3.90. The van der Waals surface area contributed by atoms with Gasteiger partial charge in [0.15, 0.2) is 0 Å². The Morgan fingerprint density at radius 2 is 2.05 bits per heavy atom. The van der Waals surface area contributed by atoms with Crippen molar-refractivity contribution in [3.63, 3.8) is 0 Å². The second-order valence-electron chi connectivity index (χ2n) is 6.79. The number of carbonyl (C=O) groups excluding carboxylic acids is 1. The summed E-state index contributed by atoms with van der Waals surface area (Å²) in [6.07, 6.45) is 7.25. The lowest BCUT2D eigenvalue weighted by atomic mass is 9.52. The highest BCUT2D eigenvalue weighted by Crippen LogP contribution is 2.54. The van der Waals surface area contributed by atoms with Crippen LogP contribution in [0, 0.1) is 23.2 Å². The minimum atomic E-state index is -1.11. The van der Waals surface area contributed by atoms with Gasteiger partial charge in [0.25, 0.3) is 0 Å². The van der Waals surface area contributed by atoms with Crippen LogP contribution in [0.3, 0.4) is 0 Å². The number of hydrogen-bond acceptors (Lipinski definition) is 3. The zero-order chi connectivity index (χ0) is 14.3. The first-order chi connectivity index (χ1) is 8.83. The average molecular weight is 266 g/mol. The van der Waals surface area contributed by atoms with Gasteiger partial charge in [-0.05, 0) is 44.4 Å². The lowest BCUT2D eigenvalue weighted by molar-refractivity contribution is -0.153. The molecule has 0 saturated heterocycles. The summed E-state index contributed by atoms with van der Waals surface area (Å²) < 4.78 is 0. The number of aliphatic hydroxyl groups is 2. The Morgan fingerprint density at radius 1 is 1.37 bits per heavy atom. The maximum atomic E-state index is 12.5. The molecule has 0 aliphatic heterocycles. The van der Waals surface area contributed by atoms with E-state index < -0.39 is 11.0 Å². The maximum Gasteiger partial charge on any atom is 0.144 e. The summed E-state index contributed by atoms with van der Waals surface area (Å²) in [5.74, 6) is 1.26. The van der Waals surface area contributed by atoms with Crippen LogP contribution in [0.4, 0.5) is 0 Å². The van der Waals surface area contributed by atoms with Gasteiger partial charge < -0.3 is 10.2 Å². The first-order valence-electron chi connectivity index (χ1n) is 7.39. The highest BCUT2D eigenvalue weighted by atomic mass is 16.3. The second-order valence-corrected chi connectivity index (χ2v) is 6.79. The molecule has 2 N–H and O–H groups in total. The van der Waals surface area contributed by atoms with Crippen LogP contribution >= 0.6 is 0 Å². The van der Waals surface area contributed by atoms with Crippen LogP contribution in [0.25, 0.3) is 0 Å². The summed E-state index contributed by atoms with van der Waals surface area (Å²) in [6.45, 7) is 5.74. The standard InChI is InChI=1S/C16H26O3/c1-11-4-5-13-12(10-11)6-8-15(2,19)16(13,3)14(18)7-9-17/h6,8,11-13,17,19H,4-5,7,9-10H2,1-3H3/t11-,12-,13-,15-,16+/m0/s1. The van der Waals surface area contributed by atoms with E-state index in [1.807, 2.05) is 13.0 Å². The molecule has 1 fully saturated rings. The summed E-state index contributed by atoms with van der Waals surface area (Å²) in [5, 5.41) is 19.8. The van der Waals surface area contributed by atoms with Crippen LogP contribution < -0.4 is 0 Å². The number of carbonyl (C=O) groups is 1. The van der Waals surface area contributed by atoms with Gasteiger partial charge in [0.2, 0.25) is 0 Å². The molecule has 0 aromatic rings. The van der Waals surface area contributed by atoms with Crippen LogP contribution in [-0.2, 0) is 4.79 Å². The van der Waals surface area contributed by atoms with Gasteiger partial charge in [-0.3, -0.25) is 4.79 Å². The number of rotatable bonds is 3. The number of hydrogen-bond donors (Lipinski definition) is 2. The molecule has 5 atom stereocenters. The highest BCUT2D eigenvalue weighted by molar-refractivity contribution is 5.87. The number of aliphatic hydroxyl groups excluding tert-OH is 1. The van der Waals surface area contributed by atoms with E-state index in [0.29, 0.717) is 11.8 Å². The van der Waals surface area contributed by atoms with E-state index in [0.717, 1.165) is 19.3 Å². The molecular formula is C16H26O3. The fourth-order valence-electron chi connectivity index (χ4n) is 4.06. The Bertz CT molecular complexity index is 385. The van der Waals surface area contributed by atoms with Crippen molar-refractivity contribution in [3.05, 3.63) is 12.2 Å². The first-order valence-corrected chi connectivity index (χ1v) is 7.39. The third kappa shape index (κ3) is 2.27. The fraction of sp³-hybridized carbons (Fsp3) is 0.812. The second kappa shape index (κ2) is 5.02. The molecule has 0 unspecified atom stereocenters. The zero-order valence-corrected chi connectivity index (χ0v) is 12.2. The predicted octanol–water partition coefficient (Wildman–Crippen LogP) is 2.32. The molecule has 1 saturated carbocycles. The van der Waals surface area contributed by atoms with Gasteiger partial charge in [0, 0.05) is 13.0 Å². The summed E-state index contributed by atoms with van der Waals surface area (Å²) in [7, 11) is 0. The lowest BCUT2D eigenvalue weighted by Crippen LogP contribution is -2.57. The zero-order valence-electron chi connectivity index (χ0n) is 12.2. The summed E-state index contributed by atoms with van der Waals surface area (Å²) in [4.78, 5) is 12.5. The lowest BCUT2D eigenvalue weighted by Gasteiger charge is -2.53. The predicted molar refractivity (Wildman–Crippen MR) is 74.6 cm³/mol. The molecule has 19 heavy (non-hydrogen) atoms. The smallest absolute Gasteiger partial charge is 0.144 e. The van der Waals surface area contributed by atoms with Gasteiger partial charge in [-0.25, -0.2) is 0 Å². The van der Waals surface area contributed by atoms with Gasteiger partial charge >= 0.3 is 0 Å². The van der Waals surface area contributed by atoms with E-state index in [1.165, 1.54) is 0 Å². The van der Waals surface area contributed by atoms with Crippen LogP contribution in [0.5, 0.6) is 0 Å². The molecule has 2 rings (SSSR count). The van der Waals surface area contributed by atoms with E-state index in [9.17, 15) is 9.90 Å². The number of allylic oxidation sites excluding steroid dienone is 1. The van der Waals surface area contributed by atoms with E-state index in [1.54, 1.807) is 6.92 Å². The van der Waals surface area contributed by atoms with Crippen molar-refractivity contribution in [1.82, 2.24) is 0 Å². The molecule has 0 amide bonds. The maximum absolute atomic E-state index is 12.5. The quantitative estimate of drug-likeness (QED) is 0.771. The van der Waals surface area contributed by atoms with Crippen molar-refractivity contribution >= 4 is 5.78 Å². The molecule has 0 heterocycles. The summed E-state index contributed by atoms with van der Waals surface area (Å²) >= 11 is 0.